The maximum atomic E-state index is 6.17. The van der Waals surface area contributed by atoms with E-state index in [1.54, 1.807) is 11.3 Å². The molecule has 0 saturated heterocycles. The number of rotatable bonds is 5. The van der Waals surface area contributed by atoms with Gasteiger partial charge in [-0.05, 0) is 27.8 Å². The molecule has 0 bridgehead atoms. The molecule has 0 amide bonds. The smallest absolute Gasteiger partial charge is 0.0844 e. The Kier molecular flexibility index (Phi) is 4.60. The van der Waals surface area contributed by atoms with E-state index in [0.29, 0.717) is 6.04 Å². The number of aryl methyl sites for hydroxylation is 1. The molecule has 2 aromatic rings. The monoisotopic (exact) mass is 298 g/mol. The predicted octanol–water partition coefficient (Wildman–Crippen LogP) is 3.13. The average Bonchev–Trinajstić information content (AvgIpc) is 2.95. The molecular formula is C13H19ClN4S. The molecule has 0 aliphatic carbocycles. The minimum Gasteiger partial charge on any atom is -0.296 e. The van der Waals surface area contributed by atoms with Crippen molar-refractivity contribution >= 4 is 22.9 Å². The van der Waals surface area contributed by atoms with Gasteiger partial charge in [-0.25, -0.2) is 4.98 Å². The van der Waals surface area contributed by atoms with Gasteiger partial charge in [0.1, 0.15) is 0 Å². The Balaban J connectivity index is 2.00. The van der Waals surface area contributed by atoms with Crippen LogP contribution < -0.4 is 0 Å². The standard InChI is InChI=1S/C13H19ClN4S/c1-9(17(4)6-12-7-19-8-15-12)5-18-11(3)13(14)10(2)16-18/h7-9H,5-6H2,1-4H3/t9-/m0/s1. The second kappa shape index (κ2) is 6.03. The topological polar surface area (TPSA) is 34.0 Å². The molecule has 0 spiro atoms. The molecule has 19 heavy (non-hydrogen) atoms. The van der Waals surface area contributed by atoms with Gasteiger partial charge in [0, 0.05) is 18.0 Å². The van der Waals surface area contributed by atoms with Crippen LogP contribution in [0.2, 0.25) is 5.02 Å². The summed E-state index contributed by atoms with van der Waals surface area (Å²) in [5, 5.41) is 7.33. The van der Waals surface area contributed by atoms with Crippen LogP contribution in [0, 0.1) is 13.8 Å². The molecule has 0 saturated carbocycles. The van der Waals surface area contributed by atoms with Gasteiger partial charge in [-0.2, -0.15) is 5.10 Å². The molecule has 1 atom stereocenters. The fraction of sp³-hybridized carbons (Fsp3) is 0.538. The number of hydrogen-bond donors (Lipinski definition) is 0. The molecule has 0 N–H and O–H groups in total. The summed E-state index contributed by atoms with van der Waals surface area (Å²) in [7, 11) is 2.11. The molecule has 0 fully saturated rings. The van der Waals surface area contributed by atoms with Crippen LogP contribution in [0.15, 0.2) is 10.9 Å². The summed E-state index contributed by atoms with van der Waals surface area (Å²) in [5.41, 5.74) is 4.92. The molecule has 104 valence electrons. The first-order valence-corrected chi connectivity index (χ1v) is 7.58. The van der Waals surface area contributed by atoms with Crippen molar-refractivity contribution in [2.24, 2.45) is 0 Å². The highest BCUT2D eigenvalue weighted by Gasteiger charge is 2.15. The Morgan fingerprint density at radius 3 is 2.74 bits per heavy atom. The van der Waals surface area contributed by atoms with Crippen molar-refractivity contribution in [2.75, 3.05) is 7.05 Å². The van der Waals surface area contributed by atoms with Crippen LogP contribution in [0.3, 0.4) is 0 Å². The van der Waals surface area contributed by atoms with Crippen molar-refractivity contribution in [1.82, 2.24) is 19.7 Å². The van der Waals surface area contributed by atoms with E-state index < -0.39 is 0 Å². The fourth-order valence-corrected chi connectivity index (χ4v) is 2.65. The molecule has 0 unspecified atom stereocenters. The Bertz CT molecular complexity index is 535. The minimum atomic E-state index is 0.371. The van der Waals surface area contributed by atoms with E-state index in [2.05, 4.69) is 34.3 Å². The lowest BCUT2D eigenvalue weighted by atomic mass is 10.2. The third-order valence-electron chi connectivity index (χ3n) is 3.38. The summed E-state index contributed by atoms with van der Waals surface area (Å²) in [5.74, 6) is 0. The van der Waals surface area contributed by atoms with Gasteiger partial charge in [0.2, 0.25) is 0 Å². The van der Waals surface area contributed by atoms with Gasteiger partial charge in [0.05, 0.1) is 34.2 Å². The molecule has 2 aromatic heterocycles. The summed E-state index contributed by atoms with van der Waals surface area (Å²) in [6.45, 7) is 7.83. The van der Waals surface area contributed by atoms with Crippen molar-refractivity contribution in [1.29, 1.82) is 0 Å². The van der Waals surface area contributed by atoms with Crippen molar-refractivity contribution in [2.45, 2.75) is 39.9 Å². The van der Waals surface area contributed by atoms with Crippen LogP contribution >= 0.6 is 22.9 Å². The maximum absolute atomic E-state index is 6.17. The summed E-state index contributed by atoms with van der Waals surface area (Å²) in [6.07, 6.45) is 0. The fourth-order valence-electron chi connectivity index (χ4n) is 1.97. The normalized spacial score (nSPS) is 13.2. The second-order valence-corrected chi connectivity index (χ2v) is 6.01. The van der Waals surface area contributed by atoms with Gasteiger partial charge >= 0.3 is 0 Å². The number of aromatic nitrogens is 3. The van der Waals surface area contributed by atoms with Crippen LogP contribution in [-0.2, 0) is 13.1 Å². The van der Waals surface area contributed by atoms with Gasteiger partial charge in [-0.15, -0.1) is 11.3 Å². The van der Waals surface area contributed by atoms with Gasteiger partial charge in [-0.1, -0.05) is 11.6 Å². The Labute approximate surface area is 123 Å². The van der Waals surface area contributed by atoms with Crippen molar-refractivity contribution in [3.63, 3.8) is 0 Å². The van der Waals surface area contributed by atoms with Crippen LogP contribution in [0.1, 0.15) is 24.0 Å². The average molecular weight is 299 g/mol. The summed E-state index contributed by atoms with van der Waals surface area (Å²) >= 11 is 7.80. The van der Waals surface area contributed by atoms with Crippen molar-refractivity contribution in [3.8, 4) is 0 Å². The molecule has 0 radical (unpaired) electrons. The molecule has 2 heterocycles. The Morgan fingerprint density at radius 2 is 2.21 bits per heavy atom. The zero-order valence-electron chi connectivity index (χ0n) is 11.7. The van der Waals surface area contributed by atoms with E-state index >= 15 is 0 Å². The van der Waals surface area contributed by atoms with Gasteiger partial charge in [0.25, 0.3) is 0 Å². The zero-order chi connectivity index (χ0) is 14.0. The quantitative estimate of drug-likeness (QED) is 0.850. The number of halogens is 1. The summed E-state index contributed by atoms with van der Waals surface area (Å²) in [6, 6.07) is 0.371. The van der Waals surface area contributed by atoms with Crippen LogP contribution in [0.5, 0.6) is 0 Å². The highest BCUT2D eigenvalue weighted by Crippen LogP contribution is 2.19. The predicted molar refractivity (Wildman–Crippen MR) is 79.8 cm³/mol. The van der Waals surface area contributed by atoms with Gasteiger partial charge < -0.3 is 0 Å². The Hall–Kier alpha value is -0.910. The van der Waals surface area contributed by atoms with Gasteiger partial charge in [-0.3, -0.25) is 9.58 Å². The molecular weight excluding hydrogens is 280 g/mol. The first-order valence-electron chi connectivity index (χ1n) is 6.26. The lowest BCUT2D eigenvalue weighted by Gasteiger charge is -2.24. The van der Waals surface area contributed by atoms with Crippen molar-refractivity contribution < 1.29 is 0 Å². The SMILES string of the molecule is Cc1nn(C[C@H](C)N(C)Cc2cscn2)c(C)c1Cl. The number of likely N-dealkylation sites (N-methyl/N-ethyl adjacent to an activating group) is 1. The van der Waals surface area contributed by atoms with E-state index in [4.69, 9.17) is 11.6 Å². The Morgan fingerprint density at radius 1 is 1.47 bits per heavy atom. The summed E-state index contributed by atoms with van der Waals surface area (Å²) in [4.78, 5) is 6.59. The van der Waals surface area contributed by atoms with E-state index in [1.807, 2.05) is 24.0 Å². The number of thiazole rings is 1. The number of hydrogen-bond acceptors (Lipinski definition) is 4. The molecule has 0 aromatic carbocycles. The van der Waals surface area contributed by atoms with Crippen LogP contribution in [-0.4, -0.2) is 32.8 Å². The van der Waals surface area contributed by atoms with E-state index in [-0.39, 0.29) is 0 Å². The van der Waals surface area contributed by atoms with E-state index in [1.165, 1.54) is 0 Å². The molecule has 0 aliphatic rings. The van der Waals surface area contributed by atoms with Crippen molar-refractivity contribution in [3.05, 3.63) is 33.0 Å². The largest absolute Gasteiger partial charge is 0.296 e. The third-order valence-corrected chi connectivity index (χ3v) is 4.56. The second-order valence-electron chi connectivity index (χ2n) is 4.91. The molecule has 4 nitrogen and oxygen atoms in total. The lowest BCUT2D eigenvalue weighted by Crippen LogP contribution is -2.33. The van der Waals surface area contributed by atoms with E-state index in [9.17, 15) is 0 Å². The highest BCUT2D eigenvalue weighted by atomic mass is 35.5. The minimum absolute atomic E-state index is 0.371. The van der Waals surface area contributed by atoms with Crippen LogP contribution in [0.4, 0.5) is 0 Å². The first-order chi connectivity index (χ1) is 8.99. The maximum Gasteiger partial charge on any atom is 0.0844 e. The molecule has 2 rings (SSSR count). The zero-order valence-corrected chi connectivity index (χ0v) is 13.3. The first kappa shape index (κ1) is 14.5. The lowest BCUT2D eigenvalue weighted by molar-refractivity contribution is 0.218. The third kappa shape index (κ3) is 3.35. The molecule has 0 aliphatic heterocycles. The number of nitrogens with zero attached hydrogens (tertiary/aromatic N) is 4. The highest BCUT2D eigenvalue weighted by molar-refractivity contribution is 7.07. The van der Waals surface area contributed by atoms with Gasteiger partial charge in [0.15, 0.2) is 0 Å². The van der Waals surface area contributed by atoms with E-state index in [0.717, 1.165) is 35.2 Å². The van der Waals surface area contributed by atoms with Crippen LogP contribution in [0.25, 0.3) is 0 Å². The molecule has 6 heteroatoms. The summed E-state index contributed by atoms with van der Waals surface area (Å²) < 4.78 is 1.99.